The van der Waals surface area contributed by atoms with Crippen molar-refractivity contribution in [1.82, 2.24) is 9.88 Å². The largest absolute Gasteiger partial charge is 0.335 e. The van der Waals surface area contributed by atoms with Crippen LogP contribution in [0.25, 0.3) is 11.8 Å². The van der Waals surface area contributed by atoms with E-state index in [2.05, 4.69) is 48.4 Å². The summed E-state index contributed by atoms with van der Waals surface area (Å²) < 4.78 is 4.01. The van der Waals surface area contributed by atoms with E-state index in [-0.39, 0.29) is 5.57 Å². The molecule has 0 aliphatic carbocycles. The summed E-state index contributed by atoms with van der Waals surface area (Å²) >= 11 is 5.59. The zero-order valence-electron chi connectivity index (χ0n) is 16.6. The first-order chi connectivity index (χ1) is 14.8. The van der Waals surface area contributed by atoms with Crippen LogP contribution in [-0.2, 0) is 9.59 Å². The molecule has 0 saturated carbocycles. The molecule has 6 nitrogen and oxygen atoms in total. The first kappa shape index (κ1) is 21.5. The van der Waals surface area contributed by atoms with Crippen LogP contribution in [0.3, 0.4) is 0 Å². The highest BCUT2D eigenvalue weighted by Crippen LogP contribution is 2.27. The Balaban J connectivity index is 1.75. The van der Waals surface area contributed by atoms with Gasteiger partial charge in [0.1, 0.15) is 5.57 Å². The van der Waals surface area contributed by atoms with Crippen LogP contribution in [0.5, 0.6) is 0 Å². The van der Waals surface area contributed by atoms with Crippen LogP contribution in [0.1, 0.15) is 17.0 Å². The Labute approximate surface area is 201 Å². The molecule has 1 fully saturated rings. The first-order valence-electron chi connectivity index (χ1n) is 9.38. The Morgan fingerprint density at radius 1 is 0.935 bits per heavy atom. The molecule has 1 aliphatic heterocycles. The van der Waals surface area contributed by atoms with Gasteiger partial charge in [-0.25, -0.2) is 9.69 Å². The standard InChI is InChI=1S/C23H17BrIN3O3/c1-13-11-15(14(2)27(13)18-9-5-17(25)6-10-18)12-20-21(29)26-23(31)28(22(20)30)19-7-3-16(24)4-8-19/h3-12H,1-2H3,(H,26,29,31)/b20-12-. The second-order valence-corrected chi connectivity index (χ2v) is 9.23. The van der Waals surface area contributed by atoms with Gasteiger partial charge in [0.25, 0.3) is 11.8 Å². The van der Waals surface area contributed by atoms with Gasteiger partial charge in [0.05, 0.1) is 5.69 Å². The van der Waals surface area contributed by atoms with Crippen molar-refractivity contribution < 1.29 is 14.4 Å². The number of imide groups is 2. The molecule has 0 radical (unpaired) electrons. The molecular weight excluding hydrogens is 573 g/mol. The van der Waals surface area contributed by atoms with Crippen molar-refractivity contribution in [3.8, 4) is 5.69 Å². The Morgan fingerprint density at radius 3 is 2.19 bits per heavy atom. The van der Waals surface area contributed by atoms with Crippen LogP contribution < -0.4 is 10.2 Å². The highest BCUT2D eigenvalue weighted by Gasteiger charge is 2.37. The number of carbonyl (C=O) groups excluding carboxylic acids is 3. The molecule has 156 valence electrons. The highest BCUT2D eigenvalue weighted by atomic mass is 127. The van der Waals surface area contributed by atoms with E-state index in [0.29, 0.717) is 5.69 Å². The van der Waals surface area contributed by atoms with Gasteiger partial charge in [-0.05, 0) is 103 Å². The summed E-state index contributed by atoms with van der Waals surface area (Å²) in [7, 11) is 0. The quantitative estimate of drug-likeness (QED) is 0.262. The van der Waals surface area contributed by atoms with Crippen LogP contribution in [0.4, 0.5) is 10.5 Å². The second kappa shape index (κ2) is 8.43. The fourth-order valence-corrected chi connectivity index (χ4v) is 4.18. The normalized spacial score (nSPS) is 15.5. The predicted octanol–water partition coefficient (Wildman–Crippen LogP) is 5.13. The Hall–Kier alpha value is -2.72. The van der Waals surface area contributed by atoms with E-state index in [1.807, 2.05) is 44.2 Å². The highest BCUT2D eigenvalue weighted by molar-refractivity contribution is 14.1. The van der Waals surface area contributed by atoms with Gasteiger partial charge >= 0.3 is 6.03 Å². The summed E-state index contributed by atoms with van der Waals surface area (Å²) in [5, 5.41) is 2.26. The number of rotatable bonds is 3. The number of urea groups is 1. The molecule has 1 aromatic heterocycles. The monoisotopic (exact) mass is 589 g/mol. The molecule has 0 spiro atoms. The maximum absolute atomic E-state index is 13.1. The maximum Gasteiger partial charge on any atom is 0.335 e. The van der Waals surface area contributed by atoms with E-state index in [9.17, 15) is 14.4 Å². The number of barbiturate groups is 1. The van der Waals surface area contributed by atoms with Gasteiger partial charge in [-0.2, -0.15) is 0 Å². The van der Waals surface area contributed by atoms with Crippen molar-refractivity contribution >= 4 is 68.1 Å². The zero-order chi connectivity index (χ0) is 22.3. The minimum atomic E-state index is -0.765. The number of nitrogens with one attached hydrogen (secondary N) is 1. The summed E-state index contributed by atoms with van der Waals surface area (Å²) in [6, 6.07) is 16.0. The topological polar surface area (TPSA) is 71.4 Å². The lowest BCUT2D eigenvalue weighted by atomic mass is 10.1. The number of aryl methyl sites for hydroxylation is 1. The number of hydrogen-bond acceptors (Lipinski definition) is 3. The molecule has 2 heterocycles. The summed E-state index contributed by atoms with van der Waals surface area (Å²) in [6.07, 6.45) is 1.54. The van der Waals surface area contributed by atoms with E-state index < -0.39 is 17.8 Å². The Bertz CT molecular complexity index is 1240. The molecule has 8 heteroatoms. The molecule has 1 aliphatic rings. The number of amides is 4. The molecule has 0 atom stereocenters. The van der Waals surface area contributed by atoms with Crippen molar-refractivity contribution in [3.05, 3.63) is 85.2 Å². The zero-order valence-corrected chi connectivity index (χ0v) is 20.4. The SMILES string of the molecule is Cc1cc(/C=C2/C(=O)NC(=O)N(c3ccc(Br)cc3)C2=O)c(C)n1-c1ccc(I)cc1. The lowest BCUT2D eigenvalue weighted by molar-refractivity contribution is -0.122. The van der Waals surface area contributed by atoms with Crippen molar-refractivity contribution in [2.75, 3.05) is 4.90 Å². The minimum Gasteiger partial charge on any atom is -0.318 e. The van der Waals surface area contributed by atoms with Gasteiger partial charge in [0.2, 0.25) is 0 Å². The first-order valence-corrected chi connectivity index (χ1v) is 11.3. The van der Waals surface area contributed by atoms with Crippen LogP contribution in [-0.4, -0.2) is 22.4 Å². The van der Waals surface area contributed by atoms with Crippen molar-refractivity contribution in [2.24, 2.45) is 0 Å². The molecule has 4 amide bonds. The van der Waals surface area contributed by atoms with Gasteiger partial charge in [0.15, 0.2) is 0 Å². The smallest absolute Gasteiger partial charge is 0.318 e. The predicted molar refractivity (Wildman–Crippen MR) is 131 cm³/mol. The molecule has 3 aromatic rings. The molecule has 0 unspecified atom stereocenters. The third-order valence-electron chi connectivity index (χ3n) is 5.04. The van der Waals surface area contributed by atoms with E-state index >= 15 is 0 Å². The maximum atomic E-state index is 13.1. The molecular formula is C23H17BrIN3O3. The van der Waals surface area contributed by atoms with Crippen LogP contribution in [0.15, 0.2) is 64.6 Å². The average Bonchev–Trinajstić information content (AvgIpc) is 3.00. The number of anilines is 1. The van der Waals surface area contributed by atoms with E-state index in [0.717, 1.165) is 35.6 Å². The molecule has 2 aromatic carbocycles. The van der Waals surface area contributed by atoms with Crippen LogP contribution >= 0.6 is 38.5 Å². The van der Waals surface area contributed by atoms with E-state index in [4.69, 9.17) is 0 Å². The summed E-state index contributed by atoms with van der Waals surface area (Å²) in [4.78, 5) is 38.9. The van der Waals surface area contributed by atoms with E-state index in [1.54, 1.807) is 30.3 Å². The molecule has 1 N–H and O–H groups in total. The molecule has 4 rings (SSSR count). The summed E-state index contributed by atoms with van der Waals surface area (Å²) in [5.41, 5.74) is 3.87. The molecule has 31 heavy (non-hydrogen) atoms. The number of benzene rings is 2. The van der Waals surface area contributed by atoms with Crippen LogP contribution in [0, 0.1) is 17.4 Å². The lowest BCUT2D eigenvalue weighted by Gasteiger charge is -2.26. The van der Waals surface area contributed by atoms with Crippen molar-refractivity contribution in [2.45, 2.75) is 13.8 Å². The van der Waals surface area contributed by atoms with Crippen molar-refractivity contribution in [1.29, 1.82) is 0 Å². The Morgan fingerprint density at radius 2 is 1.55 bits per heavy atom. The fourth-order valence-electron chi connectivity index (χ4n) is 3.56. The third-order valence-corrected chi connectivity index (χ3v) is 6.29. The second-order valence-electron chi connectivity index (χ2n) is 7.07. The van der Waals surface area contributed by atoms with E-state index in [1.165, 1.54) is 0 Å². The van der Waals surface area contributed by atoms with Gasteiger partial charge in [-0.15, -0.1) is 0 Å². The number of aromatic nitrogens is 1. The fraction of sp³-hybridized carbons (Fsp3) is 0.0870. The third kappa shape index (κ3) is 4.09. The summed E-state index contributed by atoms with van der Waals surface area (Å²) in [6.45, 7) is 3.90. The molecule has 1 saturated heterocycles. The van der Waals surface area contributed by atoms with Crippen molar-refractivity contribution in [3.63, 3.8) is 0 Å². The van der Waals surface area contributed by atoms with Gasteiger partial charge in [0, 0.05) is 25.1 Å². The Kier molecular flexibility index (Phi) is 5.85. The number of halogens is 2. The number of hydrogen-bond donors (Lipinski definition) is 1. The summed E-state index contributed by atoms with van der Waals surface area (Å²) in [5.74, 6) is -1.36. The number of nitrogens with zero attached hydrogens (tertiary/aromatic N) is 2. The minimum absolute atomic E-state index is 0.0922. The van der Waals surface area contributed by atoms with Gasteiger partial charge in [-0.3, -0.25) is 14.9 Å². The van der Waals surface area contributed by atoms with Gasteiger partial charge < -0.3 is 4.57 Å². The molecule has 0 bridgehead atoms. The average molecular weight is 590 g/mol. The van der Waals surface area contributed by atoms with Gasteiger partial charge in [-0.1, -0.05) is 15.9 Å². The number of carbonyl (C=O) groups is 3. The van der Waals surface area contributed by atoms with Crippen LogP contribution in [0.2, 0.25) is 0 Å². The lowest BCUT2D eigenvalue weighted by Crippen LogP contribution is -2.54.